The molecule has 3 rings (SSSR count). The zero-order valence-corrected chi connectivity index (χ0v) is 14.8. The van der Waals surface area contributed by atoms with Gasteiger partial charge in [0.1, 0.15) is 12.7 Å². The number of ether oxygens (including phenoxy) is 4. The van der Waals surface area contributed by atoms with Gasteiger partial charge in [-0.25, -0.2) is 0 Å². The number of hydrogen-bond donors (Lipinski definition) is 1. The minimum Gasteiger partial charge on any atom is -0.504 e. The molecule has 5 nitrogen and oxygen atoms in total. The van der Waals surface area contributed by atoms with E-state index in [4.69, 9.17) is 47.3 Å². The Morgan fingerprint density at radius 3 is 2.12 bits per heavy atom. The van der Waals surface area contributed by atoms with E-state index in [2.05, 4.69) is 0 Å². The second-order valence-electron chi connectivity index (χ2n) is 4.88. The van der Waals surface area contributed by atoms with Crippen molar-refractivity contribution in [3.63, 3.8) is 0 Å². The zero-order chi connectivity index (χ0) is 17.5. The molecule has 1 aliphatic heterocycles. The van der Waals surface area contributed by atoms with Gasteiger partial charge in [-0.05, 0) is 24.3 Å². The molecule has 0 bridgehead atoms. The molecule has 1 fully saturated rings. The number of benzene rings is 2. The van der Waals surface area contributed by atoms with E-state index in [9.17, 15) is 0 Å². The summed E-state index contributed by atoms with van der Waals surface area (Å²) in [6.07, 6.45) is 0.235. The topological polar surface area (TPSA) is 60.5 Å². The van der Waals surface area contributed by atoms with Crippen molar-refractivity contribution in [1.82, 2.24) is 0 Å². The van der Waals surface area contributed by atoms with Crippen molar-refractivity contribution in [2.45, 2.75) is 6.10 Å². The van der Waals surface area contributed by atoms with E-state index >= 15 is 0 Å². The molecule has 24 heavy (non-hydrogen) atoms. The van der Waals surface area contributed by atoms with Crippen molar-refractivity contribution in [2.75, 3.05) is 27.4 Å². The summed E-state index contributed by atoms with van der Waals surface area (Å²) in [4.78, 5) is 0. The van der Waals surface area contributed by atoms with E-state index in [-0.39, 0.29) is 11.9 Å². The Kier molecular flexibility index (Phi) is 6.85. The number of phenolic OH excluding ortho intramolecular Hbond substituents is 1. The van der Waals surface area contributed by atoms with Crippen LogP contribution < -0.4 is 14.2 Å². The van der Waals surface area contributed by atoms with Gasteiger partial charge in [-0.3, -0.25) is 0 Å². The molecule has 0 aliphatic carbocycles. The summed E-state index contributed by atoms with van der Waals surface area (Å²) >= 11 is 11.4. The Labute approximate surface area is 150 Å². The molecule has 0 aromatic heterocycles. The Morgan fingerprint density at radius 1 is 1.00 bits per heavy atom. The van der Waals surface area contributed by atoms with E-state index in [0.717, 1.165) is 6.61 Å². The maximum absolute atomic E-state index is 9.08. The molecule has 0 amide bonds. The fraction of sp³-hybridized carbons (Fsp3) is 0.294. The van der Waals surface area contributed by atoms with Crippen molar-refractivity contribution in [1.29, 1.82) is 0 Å². The van der Waals surface area contributed by atoms with Crippen LogP contribution in [0.2, 0.25) is 10.0 Å². The lowest BCUT2D eigenvalue weighted by atomic mass is 10.3. The molecular formula is C17H18Cl2O5. The lowest BCUT2D eigenvalue weighted by Gasteiger charge is -2.09. The summed E-state index contributed by atoms with van der Waals surface area (Å²) in [5.41, 5.74) is 0. The van der Waals surface area contributed by atoms with Gasteiger partial charge in [0.15, 0.2) is 23.0 Å². The van der Waals surface area contributed by atoms with Crippen molar-refractivity contribution in [3.8, 4) is 23.0 Å². The predicted molar refractivity (Wildman–Crippen MR) is 92.9 cm³/mol. The van der Waals surface area contributed by atoms with Gasteiger partial charge in [-0.1, -0.05) is 23.2 Å². The van der Waals surface area contributed by atoms with Crippen molar-refractivity contribution < 1.29 is 24.1 Å². The summed E-state index contributed by atoms with van der Waals surface area (Å²) in [7, 11) is 3.09. The van der Waals surface area contributed by atoms with Gasteiger partial charge in [-0.15, -0.1) is 0 Å². The first-order valence-corrected chi connectivity index (χ1v) is 7.89. The van der Waals surface area contributed by atoms with Crippen LogP contribution in [0.25, 0.3) is 0 Å². The molecule has 1 aliphatic rings. The number of methoxy groups -OCH3 is 2. The molecule has 0 saturated carbocycles. The number of epoxide rings is 1. The van der Waals surface area contributed by atoms with Crippen molar-refractivity contribution in [2.24, 2.45) is 0 Å². The van der Waals surface area contributed by atoms with Gasteiger partial charge < -0.3 is 24.1 Å². The number of phenols is 1. The van der Waals surface area contributed by atoms with E-state index in [0.29, 0.717) is 33.9 Å². The minimum atomic E-state index is 0.0648. The summed E-state index contributed by atoms with van der Waals surface area (Å²) < 4.78 is 20.5. The third-order valence-electron chi connectivity index (χ3n) is 3.09. The number of halogens is 2. The number of hydrogen-bond acceptors (Lipinski definition) is 5. The first-order chi connectivity index (χ1) is 11.5. The third-order valence-corrected chi connectivity index (χ3v) is 3.56. The molecule has 1 N–H and O–H groups in total. The highest BCUT2D eigenvalue weighted by Gasteiger charge is 2.23. The second kappa shape index (κ2) is 8.87. The first-order valence-electron chi connectivity index (χ1n) is 7.14. The average molecular weight is 373 g/mol. The molecule has 1 heterocycles. The Balaban J connectivity index is 0.000000185. The fourth-order valence-electron chi connectivity index (χ4n) is 1.77. The molecule has 1 atom stereocenters. The molecule has 1 saturated heterocycles. The maximum atomic E-state index is 9.08. The van der Waals surface area contributed by atoms with Gasteiger partial charge in [0, 0.05) is 22.2 Å². The standard InChI is InChI=1S/C10H11ClO3.C7H7ClO2/c1-12-9-3-2-7(11)4-10(9)14-6-8-5-13-8;1-10-7-3-2-5(8)4-6(7)9/h2-4,8H,5-6H2,1H3;2-4,9H,1H3/t8-;/m1./s1. The van der Waals surface area contributed by atoms with Gasteiger partial charge in [0.2, 0.25) is 0 Å². The zero-order valence-electron chi connectivity index (χ0n) is 13.3. The molecular weight excluding hydrogens is 355 g/mol. The first kappa shape index (κ1) is 18.5. The van der Waals surface area contributed by atoms with Crippen LogP contribution in [0.5, 0.6) is 23.0 Å². The predicted octanol–water partition coefficient (Wildman–Crippen LogP) is 4.18. The molecule has 2 aromatic carbocycles. The van der Waals surface area contributed by atoms with Crippen molar-refractivity contribution >= 4 is 23.2 Å². The minimum absolute atomic E-state index is 0.0648. The largest absolute Gasteiger partial charge is 0.504 e. The van der Waals surface area contributed by atoms with Crippen LogP contribution >= 0.6 is 23.2 Å². The van der Waals surface area contributed by atoms with Gasteiger partial charge in [-0.2, -0.15) is 0 Å². The molecule has 0 spiro atoms. The summed E-state index contributed by atoms with van der Waals surface area (Å²) in [5.74, 6) is 1.85. The number of aromatic hydroxyl groups is 1. The van der Waals surface area contributed by atoms with Crippen molar-refractivity contribution in [3.05, 3.63) is 46.4 Å². The summed E-state index contributed by atoms with van der Waals surface area (Å²) in [6.45, 7) is 1.33. The smallest absolute Gasteiger partial charge is 0.162 e. The SMILES string of the molecule is COc1ccc(Cl)cc1O.COc1ccc(Cl)cc1OC[C@H]1CO1. The van der Waals surface area contributed by atoms with Crippen LogP contribution in [-0.4, -0.2) is 38.6 Å². The van der Waals surface area contributed by atoms with Gasteiger partial charge in [0.25, 0.3) is 0 Å². The quantitative estimate of drug-likeness (QED) is 0.797. The van der Waals surface area contributed by atoms with Gasteiger partial charge in [0.05, 0.1) is 20.8 Å². The highest BCUT2D eigenvalue weighted by atomic mass is 35.5. The summed E-state index contributed by atoms with van der Waals surface area (Å²) in [5, 5.41) is 10.2. The normalized spacial score (nSPS) is 15.1. The Hall–Kier alpha value is -1.82. The van der Waals surface area contributed by atoms with Crippen LogP contribution in [0.1, 0.15) is 0 Å². The fourth-order valence-corrected chi connectivity index (χ4v) is 2.10. The van der Waals surface area contributed by atoms with Crippen LogP contribution in [-0.2, 0) is 4.74 Å². The summed E-state index contributed by atoms with van der Waals surface area (Å²) in [6, 6.07) is 9.98. The molecule has 0 radical (unpaired) electrons. The van der Waals surface area contributed by atoms with Gasteiger partial charge >= 0.3 is 0 Å². The average Bonchev–Trinajstić information content (AvgIpc) is 3.38. The highest BCUT2D eigenvalue weighted by molar-refractivity contribution is 6.31. The maximum Gasteiger partial charge on any atom is 0.162 e. The lowest BCUT2D eigenvalue weighted by Crippen LogP contribution is -2.05. The number of rotatable bonds is 5. The van der Waals surface area contributed by atoms with E-state index in [1.807, 2.05) is 0 Å². The molecule has 130 valence electrons. The van der Waals surface area contributed by atoms with E-state index in [1.165, 1.54) is 13.2 Å². The van der Waals surface area contributed by atoms with Crippen LogP contribution in [0.3, 0.4) is 0 Å². The molecule has 7 heteroatoms. The van der Waals surface area contributed by atoms with E-state index in [1.54, 1.807) is 37.4 Å². The second-order valence-corrected chi connectivity index (χ2v) is 5.75. The van der Waals surface area contributed by atoms with Crippen LogP contribution in [0.4, 0.5) is 0 Å². The van der Waals surface area contributed by atoms with Crippen LogP contribution in [0.15, 0.2) is 36.4 Å². The van der Waals surface area contributed by atoms with Crippen LogP contribution in [0, 0.1) is 0 Å². The monoisotopic (exact) mass is 372 g/mol. The highest BCUT2D eigenvalue weighted by Crippen LogP contribution is 2.30. The Morgan fingerprint density at radius 2 is 1.58 bits per heavy atom. The Bertz CT molecular complexity index is 674. The molecule has 2 aromatic rings. The third kappa shape index (κ3) is 5.67. The lowest BCUT2D eigenvalue weighted by molar-refractivity contribution is 0.252. The van der Waals surface area contributed by atoms with E-state index < -0.39 is 0 Å². The molecule has 0 unspecified atom stereocenters.